The van der Waals surface area contributed by atoms with Gasteiger partial charge in [0.2, 0.25) is 0 Å². The maximum Gasteiger partial charge on any atom is 0.266 e. The van der Waals surface area contributed by atoms with Crippen LogP contribution in [0.1, 0.15) is 0 Å². The second-order valence-corrected chi connectivity index (χ2v) is 10.9. The second kappa shape index (κ2) is 11.1. The first-order valence-electron chi connectivity index (χ1n) is 14.8. The zero-order chi connectivity index (χ0) is 30.2. The van der Waals surface area contributed by atoms with Gasteiger partial charge < -0.3 is 0 Å². The van der Waals surface area contributed by atoms with Gasteiger partial charge in [-0.2, -0.15) is 0 Å². The van der Waals surface area contributed by atoms with Crippen LogP contribution in [-0.2, 0) is 0 Å². The summed E-state index contributed by atoms with van der Waals surface area (Å²) >= 11 is 0. The van der Waals surface area contributed by atoms with Crippen molar-refractivity contribution in [1.82, 2.24) is 19.5 Å². The topological polar surface area (TPSA) is 60.7 Å². The van der Waals surface area contributed by atoms with Crippen LogP contribution >= 0.6 is 0 Å². The minimum atomic E-state index is -0.115. The molecular formula is C40H26N4O. The first-order chi connectivity index (χ1) is 22.2. The van der Waals surface area contributed by atoms with Crippen LogP contribution in [0.15, 0.2) is 163 Å². The Morgan fingerprint density at radius 2 is 0.978 bits per heavy atom. The average Bonchev–Trinajstić information content (AvgIpc) is 3.12. The van der Waals surface area contributed by atoms with Crippen LogP contribution in [0.2, 0.25) is 0 Å². The molecule has 6 aromatic carbocycles. The fourth-order valence-electron chi connectivity index (χ4n) is 5.82. The Labute approximate surface area is 259 Å². The predicted octanol–water partition coefficient (Wildman–Crippen LogP) is 9.00. The molecule has 0 amide bonds. The summed E-state index contributed by atoms with van der Waals surface area (Å²) in [4.78, 5) is 28.9. The van der Waals surface area contributed by atoms with Crippen molar-refractivity contribution in [3.05, 3.63) is 168 Å². The molecule has 0 radical (unpaired) electrons. The average molecular weight is 579 g/mol. The molecule has 0 saturated carbocycles. The quantitative estimate of drug-likeness (QED) is 0.204. The molecule has 0 aliphatic carbocycles. The van der Waals surface area contributed by atoms with Crippen LogP contribution in [0.4, 0.5) is 0 Å². The van der Waals surface area contributed by atoms with Gasteiger partial charge in [0.15, 0.2) is 5.82 Å². The minimum Gasteiger partial charge on any atom is -0.268 e. The van der Waals surface area contributed by atoms with Crippen molar-refractivity contribution in [2.45, 2.75) is 0 Å². The van der Waals surface area contributed by atoms with Gasteiger partial charge in [0.25, 0.3) is 5.56 Å². The molecule has 0 bridgehead atoms. The fourth-order valence-corrected chi connectivity index (χ4v) is 5.82. The highest BCUT2D eigenvalue weighted by atomic mass is 16.1. The van der Waals surface area contributed by atoms with E-state index in [1.165, 1.54) is 5.56 Å². The first-order valence-corrected chi connectivity index (χ1v) is 14.8. The van der Waals surface area contributed by atoms with E-state index in [1.54, 1.807) is 4.57 Å². The van der Waals surface area contributed by atoms with Gasteiger partial charge >= 0.3 is 0 Å². The van der Waals surface area contributed by atoms with E-state index in [0.29, 0.717) is 22.6 Å². The molecule has 0 spiro atoms. The molecule has 2 heterocycles. The van der Waals surface area contributed by atoms with Gasteiger partial charge in [-0.3, -0.25) is 9.36 Å². The molecule has 0 saturated heterocycles. The third kappa shape index (κ3) is 4.86. The van der Waals surface area contributed by atoms with Gasteiger partial charge in [-0.05, 0) is 47.5 Å². The lowest BCUT2D eigenvalue weighted by molar-refractivity contribution is 0.976. The Bertz CT molecular complexity index is 2380. The molecule has 212 valence electrons. The highest BCUT2D eigenvalue weighted by Crippen LogP contribution is 2.32. The normalized spacial score (nSPS) is 11.2. The molecule has 0 aliphatic rings. The van der Waals surface area contributed by atoms with Crippen LogP contribution in [0.5, 0.6) is 0 Å². The summed E-state index contributed by atoms with van der Waals surface area (Å²) in [6.07, 6.45) is 0. The zero-order valence-corrected chi connectivity index (χ0v) is 24.2. The minimum absolute atomic E-state index is 0.115. The van der Waals surface area contributed by atoms with Crippen LogP contribution in [0, 0.1) is 0 Å². The zero-order valence-electron chi connectivity index (χ0n) is 24.2. The van der Waals surface area contributed by atoms with E-state index >= 15 is 0 Å². The van der Waals surface area contributed by atoms with E-state index in [1.807, 2.05) is 115 Å². The van der Waals surface area contributed by atoms with E-state index in [0.717, 1.165) is 44.5 Å². The standard InChI is InChI=1S/C40H26N4O/c45-40-34-19-8-10-21-36(34)42-39(44(40)32-16-5-2-6-17-32)31-15-11-14-30(26-31)38-41-35-20-9-7-18-33(35)37(43-38)29-24-22-28(23-25-29)27-12-3-1-4-13-27/h1-26H. The lowest BCUT2D eigenvalue weighted by Crippen LogP contribution is -2.21. The maximum absolute atomic E-state index is 13.8. The summed E-state index contributed by atoms with van der Waals surface area (Å²) in [5.74, 6) is 1.16. The molecule has 8 aromatic rings. The number of fused-ring (bicyclic) bond motifs is 2. The summed E-state index contributed by atoms with van der Waals surface area (Å²) < 4.78 is 1.68. The Hall–Kier alpha value is -6.20. The number of hydrogen-bond acceptors (Lipinski definition) is 4. The molecule has 45 heavy (non-hydrogen) atoms. The third-order valence-electron chi connectivity index (χ3n) is 8.04. The Morgan fingerprint density at radius 3 is 1.73 bits per heavy atom. The van der Waals surface area contributed by atoms with Gasteiger partial charge in [-0.25, -0.2) is 15.0 Å². The lowest BCUT2D eigenvalue weighted by atomic mass is 10.0. The molecular weight excluding hydrogens is 552 g/mol. The largest absolute Gasteiger partial charge is 0.268 e. The molecule has 0 fully saturated rings. The fraction of sp³-hybridized carbons (Fsp3) is 0. The Kier molecular flexibility index (Phi) is 6.54. The number of benzene rings is 6. The van der Waals surface area contributed by atoms with E-state index in [-0.39, 0.29) is 5.56 Å². The molecule has 0 N–H and O–H groups in total. The number of hydrogen-bond donors (Lipinski definition) is 0. The van der Waals surface area contributed by atoms with Crippen molar-refractivity contribution >= 4 is 21.8 Å². The molecule has 5 nitrogen and oxygen atoms in total. The Balaban J connectivity index is 1.28. The first kappa shape index (κ1) is 26.4. The highest BCUT2D eigenvalue weighted by Gasteiger charge is 2.17. The molecule has 8 rings (SSSR count). The molecule has 2 aromatic heterocycles. The maximum atomic E-state index is 13.8. The number of nitrogens with zero attached hydrogens (tertiary/aromatic N) is 4. The van der Waals surface area contributed by atoms with Crippen LogP contribution in [0.3, 0.4) is 0 Å². The van der Waals surface area contributed by atoms with Gasteiger partial charge in [0.05, 0.1) is 27.8 Å². The van der Waals surface area contributed by atoms with Crippen molar-refractivity contribution in [3.8, 4) is 50.8 Å². The van der Waals surface area contributed by atoms with E-state index in [4.69, 9.17) is 15.0 Å². The lowest BCUT2D eigenvalue weighted by Gasteiger charge is -2.15. The van der Waals surface area contributed by atoms with Crippen LogP contribution in [0.25, 0.3) is 72.7 Å². The number of para-hydroxylation sites is 3. The highest BCUT2D eigenvalue weighted by molar-refractivity contribution is 5.94. The SMILES string of the molecule is O=c1c2ccccc2nc(-c2cccc(-c3nc(-c4ccc(-c5ccccc5)cc4)c4ccccc4n3)c2)n1-c1ccccc1. The smallest absolute Gasteiger partial charge is 0.266 e. The summed E-state index contributed by atoms with van der Waals surface area (Å²) in [6.45, 7) is 0. The summed E-state index contributed by atoms with van der Waals surface area (Å²) in [6, 6.07) is 52.0. The van der Waals surface area contributed by atoms with Crippen molar-refractivity contribution in [1.29, 1.82) is 0 Å². The van der Waals surface area contributed by atoms with Crippen molar-refractivity contribution in [3.63, 3.8) is 0 Å². The van der Waals surface area contributed by atoms with E-state index in [9.17, 15) is 4.79 Å². The number of rotatable bonds is 5. The van der Waals surface area contributed by atoms with Crippen LogP contribution in [-0.4, -0.2) is 19.5 Å². The molecule has 5 heteroatoms. The summed E-state index contributed by atoms with van der Waals surface area (Å²) in [5, 5.41) is 1.56. The van der Waals surface area contributed by atoms with Crippen molar-refractivity contribution in [2.75, 3.05) is 0 Å². The summed E-state index contributed by atoms with van der Waals surface area (Å²) in [5.41, 5.74) is 7.99. The molecule has 0 atom stereocenters. The van der Waals surface area contributed by atoms with Gasteiger partial charge in [0, 0.05) is 22.1 Å². The second-order valence-electron chi connectivity index (χ2n) is 10.9. The van der Waals surface area contributed by atoms with Crippen LogP contribution < -0.4 is 5.56 Å². The molecule has 0 aliphatic heterocycles. The summed E-state index contributed by atoms with van der Waals surface area (Å²) in [7, 11) is 0. The van der Waals surface area contributed by atoms with E-state index < -0.39 is 0 Å². The van der Waals surface area contributed by atoms with Gasteiger partial charge in [-0.1, -0.05) is 121 Å². The van der Waals surface area contributed by atoms with Crippen molar-refractivity contribution < 1.29 is 0 Å². The molecule has 0 unspecified atom stereocenters. The monoisotopic (exact) mass is 578 g/mol. The third-order valence-corrected chi connectivity index (χ3v) is 8.04. The van der Waals surface area contributed by atoms with Crippen molar-refractivity contribution in [2.24, 2.45) is 0 Å². The van der Waals surface area contributed by atoms with Gasteiger partial charge in [-0.15, -0.1) is 0 Å². The Morgan fingerprint density at radius 1 is 0.422 bits per heavy atom. The number of aromatic nitrogens is 4. The van der Waals surface area contributed by atoms with Gasteiger partial charge in [0.1, 0.15) is 5.82 Å². The predicted molar refractivity (Wildman–Crippen MR) is 182 cm³/mol. The van der Waals surface area contributed by atoms with E-state index in [2.05, 4.69) is 42.5 Å².